The number of allylic oxidation sites excluding steroid dienone is 1. The Hall–Kier alpha value is -2.72. The zero-order valence-electron chi connectivity index (χ0n) is 16.5. The van der Waals surface area contributed by atoms with Gasteiger partial charge < -0.3 is 4.74 Å². The summed E-state index contributed by atoms with van der Waals surface area (Å²) >= 11 is 2.63. The Morgan fingerprint density at radius 2 is 2.10 bits per heavy atom. The number of aromatic nitrogens is 5. The number of thioether (sulfide) groups is 1. The fourth-order valence-electron chi connectivity index (χ4n) is 2.58. The Labute approximate surface area is 177 Å². The van der Waals surface area contributed by atoms with Crippen molar-refractivity contribution in [3.63, 3.8) is 0 Å². The molecular formula is C19H22N6O2S2. The smallest absolute Gasteiger partial charge is 0.236 e. The molecule has 0 aliphatic rings. The van der Waals surface area contributed by atoms with Crippen molar-refractivity contribution in [3.8, 4) is 5.75 Å². The van der Waals surface area contributed by atoms with E-state index in [1.54, 1.807) is 6.08 Å². The van der Waals surface area contributed by atoms with Crippen LogP contribution >= 0.6 is 23.1 Å². The fraction of sp³-hybridized carbons (Fsp3) is 0.316. The summed E-state index contributed by atoms with van der Waals surface area (Å²) in [5, 5.41) is 20.9. The van der Waals surface area contributed by atoms with Crippen LogP contribution < -0.4 is 10.1 Å². The van der Waals surface area contributed by atoms with Crippen LogP contribution in [-0.2, 0) is 17.9 Å². The van der Waals surface area contributed by atoms with Crippen molar-refractivity contribution in [2.24, 2.45) is 0 Å². The first-order valence-electron chi connectivity index (χ1n) is 8.92. The van der Waals surface area contributed by atoms with Gasteiger partial charge in [-0.15, -0.1) is 27.0 Å². The van der Waals surface area contributed by atoms with Crippen LogP contribution in [0.5, 0.6) is 5.75 Å². The van der Waals surface area contributed by atoms with Gasteiger partial charge in [-0.3, -0.25) is 14.7 Å². The van der Waals surface area contributed by atoms with Crippen molar-refractivity contribution in [1.29, 1.82) is 0 Å². The molecule has 0 radical (unpaired) electrons. The number of benzene rings is 1. The van der Waals surface area contributed by atoms with Crippen molar-refractivity contribution in [1.82, 2.24) is 25.0 Å². The minimum Gasteiger partial charge on any atom is -0.485 e. The highest BCUT2D eigenvalue weighted by Crippen LogP contribution is 2.22. The van der Waals surface area contributed by atoms with E-state index in [1.165, 1.54) is 28.7 Å². The lowest BCUT2D eigenvalue weighted by molar-refractivity contribution is -0.113. The van der Waals surface area contributed by atoms with Gasteiger partial charge in [-0.1, -0.05) is 46.9 Å². The monoisotopic (exact) mass is 430 g/mol. The predicted octanol–water partition coefficient (Wildman–Crippen LogP) is 3.55. The normalized spacial score (nSPS) is 10.7. The topological polar surface area (TPSA) is 94.8 Å². The van der Waals surface area contributed by atoms with Crippen molar-refractivity contribution in [2.75, 3.05) is 11.1 Å². The highest BCUT2D eigenvalue weighted by Gasteiger charge is 2.15. The maximum atomic E-state index is 12.2. The van der Waals surface area contributed by atoms with Crippen LogP contribution in [0, 0.1) is 20.8 Å². The van der Waals surface area contributed by atoms with E-state index in [1.807, 2.05) is 37.5 Å². The van der Waals surface area contributed by atoms with Crippen LogP contribution in [0.25, 0.3) is 0 Å². The third kappa shape index (κ3) is 5.64. The van der Waals surface area contributed by atoms with E-state index >= 15 is 0 Å². The molecule has 1 amide bonds. The van der Waals surface area contributed by atoms with E-state index in [0.717, 1.165) is 16.3 Å². The highest BCUT2D eigenvalue weighted by molar-refractivity contribution is 7.99. The molecule has 3 rings (SSSR count). The number of hydrogen-bond acceptors (Lipinski definition) is 8. The maximum absolute atomic E-state index is 12.2. The average molecular weight is 431 g/mol. The van der Waals surface area contributed by atoms with Crippen LogP contribution in [0.1, 0.15) is 22.0 Å². The van der Waals surface area contributed by atoms with Gasteiger partial charge in [-0.2, -0.15) is 0 Å². The molecule has 0 fully saturated rings. The molecule has 2 aromatic heterocycles. The van der Waals surface area contributed by atoms with Crippen LogP contribution in [0.4, 0.5) is 5.13 Å². The largest absolute Gasteiger partial charge is 0.485 e. The van der Waals surface area contributed by atoms with E-state index in [2.05, 4.69) is 38.4 Å². The first-order valence-corrected chi connectivity index (χ1v) is 10.7. The van der Waals surface area contributed by atoms with Gasteiger partial charge in [0.05, 0.1) is 5.75 Å². The summed E-state index contributed by atoms with van der Waals surface area (Å²) in [5.74, 6) is 1.50. The lowest BCUT2D eigenvalue weighted by atomic mass is 10.1. The fourth-order valence-corrected chi connectivity index (χ4v) is 3.96. The van der Waals surface area contributed by atoms with Crippen LogP contribution in [0.3, 0.4) is 0 Å². The molecule has 0 saturated carbocycles. The number of hydrogen-bond donors (Lipinski definition) is 1. The molecule has 10 heteroatoms. The molecule has 0 spiro atoms. The van der Waals surface area contributed by atoms with Crippen LogP contribution in [0.15, 0.2) is 36.0 Å². The molecule has 0 aliphatic heterocycles. The summed E-state index contributed by atoms with van der Waals surface area (Å²) in [6, 6.07) is 6.04. The minimum absolute atomic E-state index is 0.174. The van der Waals surface area contributed by atoms with E-state index < -0.39 is 0 Å². The van der Waals surface area contributed by atoms with Gasteiger partial charge in [-0.25, -0.2) is 0 Å². The van der Waals surface area contributed by atoms with Gasteiger partial charge in [0.15, 0.2) is 11.0 Å². The summed E-state index contributed by atoms with van der Waals surface area (Å²) in [7, 11) is 0. The number of aryl methyl sites for hydroxylation is 3. The molecule has 1 N–H and O–H groups in total. The Balaban J connectivity index is 1.63. The van der Waals surface area contributed by atoms with E-state index in [0.29, 0.717) is 22.7 Å². The summed E-state index contributed by atoms with van der Waals surface area (Å²) in [6.07, 6.45) is 1.76. The predicted molar refractivity (Wildman–Crippen MR) is 114 cm³/mol. The zero-order valence-corrected chi connectivity index (χ0v) is 18.1. The number of anilines is 1. The van der Waals surface area contributed by atoms with Crippen LogP contribution in [-0.4, -0.2) is 36.6 Å². The molecule has 0 unspecified atom stereocenters. The average Bonchev–Trinajstić information content (AvgIpc) is 3.26. The first-order chi connectivity index (χ1) is 14.0. The van der Waals surface area contributed by atoms with Gasteiger partial charge in [0.2, 0.25) is 11.0 Å². The van der Waals surface area contributed by atoms with Crippen molar-refractivity contribution >= 4 is 34.1 Å². The molecule has 152 valence electrons. The number of nitrogens with zero attached hydrogens (tertiary/aromatic N) is 5. The minimum atomic E-state index is -0.174. The summed E-state index contributed by atoms with van der Waals surface area (Å²) in [5.41, 5.74) is 2.25. The summed E-state index contributed by atoms with van der Waals surface area (Å²) < 4.78 is 7.82. The molecule has 3 aromatic rings. The van der Waals surface area contributed by atoms with Crippen molar-refractivity contribution in [3.05, 3.63) is 52.8 Å². The second-order valence-corrected chi connectivity index (χ2v) is 8.44. The van der Waals surface area contributed by atoms with Gasteiger partial charge in [0.25, 0.3) is 0 Å². The second kappa shape index (κ2) is 9.66. The lowest BCUT2D eigenvalue weighted by Crippen LogP contribution is -2.15. The SMILES string of the molecule is C=CCn1c(COc2ccc(C)cc2C)nnc1SCC(=O)Nc1nnc(C)s1. The Morgan fingerprint density at radius 3 is 2.79 bits per heavy atom. The highest BCUT2D eigenvalue weighted by atomic mass is 32.2. The van der Waals surface area contributed by atoms with Crippen molar-refractivity contribution in [2.45, 2.75) is 39.1 Å². The quantitative estimate of drug-likeness (QED) is 0.410. The Kier molecular flexibility index (Phi) is 6.99. The second-order valence-electron chi connectivity index (χ2n) is 6.32. The molecule has 0 bridgehead atoms. The lowest BCUT2D eigenvalue weighted by Gasteiger charge is -2.11. The number of carbonyl (C=O) groups is 1. The number of amides is 1. The van der Waals surface area contributed by atoms with E-state index in [4.69, 9.17) is 4.74 Å². The Morgan fingerprint density at radius 1 is 1.28 bits per heavy atom. The third-order valence-corrected chi connectivity index (χ3v) is 5.62. The standard InChI is InChI=1S/C19H22N6O2S2/c1-5-8-25-16(10-27-15-7-6-12(2)9-13(15)3)22-24-19(25)28-11-17(26)20-18-23-21-14(4)29-18/h5-7,9H,1,8,10-11H2,2-4H3,(H,20,23,26). The van der Waals surface area contributed by atoms with Gasteiger partial charge in [0.1, 0.15) is 17.4 Å². The third-order valence-electron chi connectivity index (χ3n) is 3.90. The molecular weight excluding hydrogens is 408 g/mol. The summed E-state index contributed by atoms with van der Waals surface area (Å²) in [6.45, 7) is 10.5. The number of nitrogens with one attached hydrogen (secondary N) is 1. The van der Waals surface area contributed by atoms with E-state index in [-0.39, 0.29) is 18.3 Å². The van der Waals surface area contributed by atoms with Gasteiger partial charge >= 0.3 is 0 Å². The molecule has 0 aliphatic carbocycles. The first kappa shape index (κ1) is 21.0. The summed E-state index contributed by atoms with van der Waals surface area (Å²) in [4.78, 5) is 12.2. The zero-order chi connectivity index (χ0) is 20.8. The molecule has 29 heavy (non-hydrogen) atoms. The van der Waals surface area contributed by atoms with Gasteiger partial charge in [-0.05, 0) is 32.4 Å². The van der Waals surface area contributed by atoms with Crippen LogP contribution in [0.2, 0.25) is 0 Å². The molecule has 8 nitrogen and oxygen atoms in total. The Bertz CT molecular complexity index is 1010. The maximum Gasteiger partial charge on any atom is 0.236 e. The van der Waals surface area contributed by atoms with Gasteiger partial charge in [0, 0.05) is 6.54 Å². The number of carbonyl (C=O) groups excluding carboxylic acids is 1. The van der Waals surface area contributed by atoms with E-state index in [9.17, 15) is 4.79 Å². The van der Waals surface area contributed by atoms with Crippen molar-refractivity contribution < 1.29 is 9.53 Å². The molecule has 1 aromatic carbocycles. The molecule has 0 saturated heterocycles. The molecule has 0 atom stereocenters. The number of rotatable bonds is 9. The number of ether oxygens (including phenoxy) is 1. The molecule has 2 heterocycles.